The summed E-state index contributed by atoms with van der Waals surface area (Å²) in [5, 5.41) is 4.09. The van der Waals surface area contributed by atoms with Crippen molar-refractivity contribution in [3.8, 4) is 0 Å². The highest BCUT2D eigenvalue weighted by Gasteiger charge is 2.18. The zero-order valence-electron chi connectivity index (χ0n) is 16.4. The fourth-order valence-corrected chi connectivity index (χ4v) is 4.88. The number of nitrogens with one attached hydrogen (secondary N) is 1. The fourth-order valence-electron chi connectivity index (χ4n) is 3.28. The minimum Gasteiger partial charge on any atom is -0.347 e. The Labute approximate surface area is 191 Å². The van der Waals surface area contributed by atoms with Crippen LogP contribution in [0.1, 0.15) is 20.8 Å². The molecule has 0 radical (unpaired) electrons. The van der Waals surface area contributed by atoms with E-state index in [4.69, 9.17) is 23.2 Å². The summed E-state index contributed by atoms with van der Waals surface area (Å²) in [6.45, 7) is 0.389. The Bertz CT molecular complexity index is 1390. The normalized spacial score (nSPS) is 11.1. The summed E-state index contributed by atoms with van der Waals surface area (Å²) in [5.74, 6) is -0.348. The van der Waals surface area contributed by atoms with Gasteiger partial charge in [0.25, 0.3) is 11.5 Å². The number of fused-ring (bicyclic) bond motifs is 1. The standard InChI is InChI=1S/C22H17Cl2N3O3S/c1-26-21-17(20(29)27(22(26)30)12-13-5-3-2-4-6-13)10-18(31-21)19(28)25-11-14-7-15(23)9-16(24)8-14/h2-10H,11-12H2,1H3,(H,25,28). The van der Waals surface area contributed by atoms with Gasteiger partial charge in [-0.1, -0.05) is 53.5 Å². The van der Waals surface area contributed by atoms with Crippen LogP contribution in [0.4, 0.5) is 0 Å². The first kappa shape index (κ1) is 21.4. The number of hydrogen-bond donors (Lipinski definition) is 1. The Kier molecular flexibility index (Phi) is 6.00. The average Bonchev–Trinajstić information content (AvgIpc) is 3.20. The van der Waals surface area contributed by atoms with Gasteiger partial charge < -0.3 is 5.32 Å². The van der Waals surface area contributed by atoms with Gasteiger partial charge in [0.15, 0.2) is 0 Å². The summed E-state index contributed by atoms with van der Waals surface area (Å²) in [6, 6.07) is 15.8. The number of nitrogens with zero attached hydrogens (tertiary/aromatic N) is 2. The van der Waals surface area contributed by atoms with E-state index in [1.165, 1.54) is 15.2 Å². The highest BCUT2D eigenvalue weighted by atomic mass is 35.5. The van der Waals surface area contributed by atoms with Crippen molar-refractivity contribution < 1.29 is 4.79 Å². The smallest absolute Gasteiger partial charge is 0.332 e. The Morgan fingerprint density at radius 2 is 1.68 bits per heavy atom. The minimum absolute atomic E-state index is 0.162. The van der Waals surface area contributed by atoms with Gasteiger partial charge in [-0.25, -0.2) is 4.79 Å². The molecule has 158 valence electrons. The summed E-state index contributed by atoms with van der Waals surface area (Å²) in [6.07, 6.45) is 0. The van der Waals surface area contributed by atoms with Gasteiger partial charge in [-0.2, -0.15) is 0 Å². The van der Waals surface area contributed by atoms with E-state index in [1.54, 1.807) is 25.2 Å². The number of rotatable bonds is 5. The molecule has 0 aliphatic heterocycles. The second-order valence-corrected chi connectivity index (χ2v) is 8.91. The summed E-state index contributed by atoms with van der Waals surface area (Å²) < 4.78 is 2.58. The summed E-state index contributed by atoms with van der Waals surface area (Å²) in [4.78, 5) is 39.2. The molecule has 0 saturated carbocycles. The number of amides is 1. The maximum atomic E-state index is 13.0. The maximum absolute atomic E-state index is 13.0. The van der Waals surface area contributed by atoms with Gasteiger partial charge in [0.2, 0.25) is 0 Å². The van der Waals surface area contributed by atoms with Crippen molar-refractivity contribution in [1.82, 2.24) is 14.5 Å². The van der Waals surface area contributed by atoms with Crippen molar-refractivity contribution in [3.05, 3.63) is 101 Å². The van der Waals surface area contributed by atoms with E-state index >= 15 is 0 Å². The Morgan fingerprint density at radius 1 is 1.00 bits per heavy atom. The summed E-state index contributed by atoms with van der Waals surface area (Å²) in [5.41, 5.74) is 0.751. The predicted octanol–water partition coefficient (Wildman–Crippen LogP) is 4.05. The van der Waals surface area contributed by atoms with E-state index in [0.717, 1.165) is 22.5 Å². The Balaban J connectivity index is 1.65. The molecule has 2 aromatic carbocycles. The summed E-state index contributed by atoms with van der Waals surface area (Å²) >= 11 is 13.1. The van der Waals surface area contributed by atoms with E-state index in [1.807, 2.05) is 30.3 Å². The number of hydrogen-bond acceptors (Lipinski definition) is 4. The SMILES string of the molecule is Cn1c(=O)n(Cc2ccccc2)c(=O)c2cc(C(=O)NCc3cc(Cl)cc(Cl)c3)sc21. The van der Waals surface area contributed by atoms with Gasteiger partial charge in [-0.15, -0.1) is 11.3 Å². The van der Waals surface area contributed by atoms with E-state index in [9.17, 15) is 14.4 Å². The fraction of sp³-hybridized carbons (Fsp3) is 0.136. The van der Waals surface area contributed by atoms with Crippen molar-refractivity contribution >= 4 is 50.7 Å². The van der Waals surface area contributed by atoms with Crippen LogP contribution in [-0.4, -0.2) is 15.0 Å². The Morgan fingerprint density at radius 3 is 2.35 bits per heavy atom. The lowest BCUT2D eigenvalue weighted by molar-refractivity contribution is 0.0955. The number of aromatic nitrogens is 2. The molecule has 0 aliphatic rings. The van der Waals surface area contributed by atoms with Crippen LogP contribution in [0.15, 0.2) is 64.2 Å². The third-order valence-electron chi connectivity index (χ3n) is 4.79. The van der Waals surface area contributed by atoms with Crippen LogP contribution in [0.3, 0.4) is 0 Å². The molecule has 0 saturated heterocycles. The minimum atomic E-state index is -0.427. The zero-order valence-corrected chi connectivity index (χ0v) is 18.7. The van der Waals surface area contributed by atoms with E-state index < -0.39 is 11.2 Å². The lowest BCUT2D eigenvalue weighted by atomic mass is 10.2. The number of benzene rings is 2. The first-order valence-electron chi connectivity index (χ1n) is 9.34. The van der Waals surface area contributed by atoms with Crippen molar-refractivity contribution in [3.63, 3.8) is 0 Å². The van der Waals surface area contributed by atoms with Crippen molar-refractivity contribution in [2.24, 2.45) is 7.05 Å². The number of carbonyl (C=O) groups excluding carboxylic acids is 1. The number of carbonyl (C=O) groups is 1. The van der Waals surface area contributed by atoms with Crippen LogP contribution in [0.2, 0.25) is 10.0 Å². The molecule has 9 heteroatoms. The average molecular weight is 474 g/mol. The van der Waals surface area contributed by atoms with Crippen LogP contribution in [-0.2, 0) is 20.1 Å². The lowest BCUT2D eigenvalue weighted by Crippen LogP contribution is -2.38. The molecule has 1 N–H and O–H groups in total. The zero-order chi connectivity index (χ0) is 22.1. The van der Waals surface area contributed by atoms with Crippen molar-refractivity contribution in [2.75, 3.05) is 0 Å². The van der Waals surface area contributed by atoms with E-state index in [-0.39, 0.29) is 19.0 Å². The van der Waals surface area contributed by atoms with Crippen LogP contribution in [0.25, 0.3) is 10.2 Å². The summed E-state index contributed by atoms with van der Waals surface area (Å²) in [7, 11) is 1.59. The van der Waals surface area contributed by atoms with E-state index in [0.29, 0.717) is 25.1 Å². The highest BCUT2D eigenvalue weighted by molar-refractivity contribution is 7.20. The van der Waals surface area contributed by atoms with Gasteiger partial charge in [0.1, 0.15) is 4.83 Å². The molecule has 0 fully saturated rings. The van der Waals surface area contributed by atoms with Crippen LogP contribution >= 0.6 is 34.5 Å². The first-order chi connectivity index (χ1) is 14.8. The number of thiophene rings is 1. The number of halogens is 2. The molecule has 2 aromatic heterocycles. The molecule has 31 heavy (non-hydrogen) atoms. The number of aryl methyl sites for hydroxylation is 1. The molecule has 0 unspecified atom stereocenters. The largest absolute Gasteiger partial charge is 0.347 e. The monoisotopic (exact) mass is 473 g/mol. The van der Waals surface area contributed by atoms with Crippen LogP contribution < -0.4 is 16.6 Å². The topological polar surface area (TPSA) is 73.1 Å². The molecule has 6 nitrogen and oxygen atoms in total. The molecule has 4 rings (SSSR count). The molecule has 0 spiro atoms. The highest BCUT2D eigenvalue weighted by Crippen LogP contribution is 2.23. The van der Waals surface area contributed by atoms with Gasteiger partial charge in [-0.05, 0) is 35.4 Å². The quantitative estimate of drug-likeness (QED) is 0.475. The second kappa shape index (κ2) is 8.70. The Hall–Kier alpha value is -2.87. The van der Waals surface area contributed by atoms with Gasteiger partial charge in [0.05, 0.1) is 16.8 Å². The molecular formula is C22H17Cl2N3O3S. The van der Waals surface area contributed by atoms with Crippen LogP contribution in [0.5, 0.6) is 0 Å². The molecule has 2 heterocycles. The predicted molar refractivity (Wildman–Crippen MR) is 125 cm³/mol. The van der Waals surface area contributed by atoms with Gasteiger partial charge in [-0.3, -0.25) is 18.7 Å². The second-order valence-electron chi connectivity index (χ2n) is 7.01. The molecule has 0 atom stereocenters. The molecule has 1 amide bonds. The third-order valence-corrected chi connectivity index (χ3v) is 6.44. The van der Waals surface area contributed by atoms with Crippen molar-refractivity contribution in [1.29, 1.82) is 0 Å². The molecule has 0 aliphatic carbocycles. The molecule has 0 bridgehead atoms. The molecule has 4 aromatic rings. The van der Waals surface area contributed by atoms with E-state index in [2.05, 4.69) is 5.32 Å². The maximum Gasteiger partial charge on any atom is 0.332 e. The van der Waals surface area contributed by atoms with Crippen molar-refractivity contribution in [2.45, 2.75) is 13.1 Å². The first-order valence-corrected chi connectivity index (χ1v) is 10.9. The van der Waals surface area contributed by atoms with Gasteiger partial charge in [0, 0.05) is 23.6 Å². The van der Waals surface area contributed by atoms with Crippen LogP contribution in [0, 0.1) is 0 Å². The third kappa shape index (κ3) is 4.44. The molecular weight excluding hydrogens is 457 g/mol. The lowest BCUT2D eigenvalue weighted by Gasteiger charge is -2.08. The van der Waals surface area contributed by atoms with Gasteiger partial charge >= 0.3 is 5.69 Å².